The lowest BCUT2D eigenvalue weighted by atomic mass is 9.94. The van der Waals surface area contributed by atoms with E-state index < -0.39 is 12.1 Å². The molecule has 0 saturated carbocycles. The Kier molecular flexibility index (Phi) is 8.99. The van der Waals surface area contributed by atoms with E-state index in [-0.39, 0.29) is 23.8 Å². The maximum atomic E-state index is 11.2. The minimum atomic E-state index is -0.946. The molecule has 0 spiro atoms. The quantitative estimate of drug-likeness (QED) is 0.312. The number of benzene rings is 3. The van der Waals surface area contributed by atoms with Crippen LogP contribution in [0.4, 0.5) is 0 Å². The Bertz CT molecular complexity index is 1120. The number of hydrogen-bond acceptors (Lipinski definition) is 4. The lowest BCUT2D eigenvalue weighted by Crippen LogP contribution is -2.46. The Hall–Kier alpha value is -3.25. The first-order chi connectivity index (χ1) is 16.7. The van der Waals surface area contributed by atoms with Crippen molar-refractivity contribution < 1.29 is 19.7 Å². The van der Waals surface area contributed by atoms with Gasteiger partial charge in [-0.05, 0) is 67.1 Å². The van der Waals surface area contributed by atoms with Crippen LogP contribution < -0.4 is 5.32 Å². The highest BCUT2D eigenvalue weighted by molar-refractivity contribution is 5.88. The van der Waals surface area contributed by atoms with Crippen molar-refractivity contribution in [3.05, 3.63) is 102 Å². The molecule has 0 amide bonds. The van der Waals surface area contributed by atoms with E-state index in [4.69, 9.17) is 9.84 Å². The van der Waals surface area contributed by atoms with E-state index in [1.165, 1.54) is 5.56 Å². The Morgan fingerprint density at radius 3 is 2.34 bits per heavy atom. The number of carbonyl (C=O) groups is 1. The van der Waals surface area contributed by atoms with Gasteiger partial charge in [0.15, 0.2) is 0 Å². The normalized spacial score (nSPS) is 13.3. The molecular formula is C30H35NO4. The van der Waals surface area contributed by atoms with Gasteiger partial charge >= 0.3 is 5.97 Å². The highest BCUT2D eigenvalue weighted by Gasteiger charge is 2.20. The standard InChI is InChI=1S/C30H35NO4/c1-5-22-10-12-23(13-11-22)18-30(3,4)31-19-26(32)20-35-21(2)27-8-6-7-9-28(27)24-14-16-25(17-15-24)29(33)34/h5-17,21,26,31-32H,1,18-20H2,2-4H3,(H,33,34)/t21-,26-/m1/s1. The van der Waals surface area contributed by atoms with Gasteiger partial charge in [-0.15, -0.1) is 0 Å². The van der Waals surface area contributed by atoms with Crippen LogP contribution in [0.25, 0.3) is 17.2 Å². The summed E-state index contributed by atoms with van der Waals surface area (Å²) in [5.41, 5.74) is 5.28. The Labute approximate surface area is 208 Å². The van der Waals surface area contributed by atoms with Crippen molar-refractivity contribution in [1.82, 2.24) is 5.32 Å². The molecule has 184 valence electrons. The summed E-state index contributed by atoms with van der Waals surface area (Å²) in [6.45, 7) is 10.6. The third-order valence-electron chi connectivity index (χ3n) is 6.06. The van der Waals surface area contributed by atoms with E-state index in [0.29, 0.717) is 6.54 Å². The van der Waals surface area contributed by atoms with Crippen molar-refractivity contribution in [2.45, 2.75) is 44.9 Å². The minimum absolute atomic E-state index is 0.184. The molecule has 3 N–H and O–H groups in total. The molecule has 0 fully saturated rings. The van der Waals surface area contributed by atoms with Gasteiger partial charge in [-0.2, -0.15) is 0 Å². The molecule has 3 rings (SSSR count). The third kappa shape index (κ3) is 7.62. The molecule has 5 nitrogen and oxygen atoms in total. The molecule has 3 aromatic carbocycles. The van der Waals surface area contributed by atoms with Gasteiger partial charge in [-0.1, -0.05) is 73.3 Å². The molecule has 3 aromatic rings. The number of ether oxygens (including phenoxy) is 1. The van der Waals surface area contributed by atoms with E-state index in [0.717, 1.165) is 28.7 Å². The smallest absolute Gasteiger partial charge is 0.335 e. The molecule has 2 atom stereocenters. The first-order valence-electron chi connectivity index (χ1n) is 11.9. The maximum Gasteiger partial charge on any atom is 0.335 e. The predicted molar refractivity (Wildman–Crippen MR) is 142 cm³/mol. The van der Waals surface area contributed by atoms with Crippen molar-refractivity contribution in [3.8, 4) is 11.1 Å². The van der Waals surface area contributed by atoms with Crippen LogP contribution in [-0.2, 0) is 11.2 Å². The zero-order chi connectivity index (χ0) is 25.4. The Morgan fingerprint density at radius 2 is 1.71 bits per heavy atom. The number of nitrogens with one attached hydrogen (secondary N) is 1. The Morgan fingerprint density at radius 1 is 1.06 bits per heavy atom. The molecule has 0 bridgehead atoms. The van der Waals surface area contributed by atoms with Gasteiger partial charge in [0.1, 0.15) is 0 Å². The molecule has 0 aromatic heterocycles. The molecule has 35 heavy (non-hydrogen) atoms. The van der Waals surface area contributed by atoms with Gasteiger partial charge in [-0.3, -0.25) is 0 Å². The first kappa shape index (κ1) is 26.4. The number of hydrogen-bond donors (Lipinski definition) is 3. The Balaban J connectivity index is 1.55. The molecule has 0 aliphatic heterocycles. The van der Waals surface area contributed by atoms with Crippen molar-refractivity contribution in [2.75, 3.05) is 13.2 Å². The summed E-state index contributed by atoms with van der Waals surface area (Å²) < 4.78 is 6.03. The maximum absolute atomic E-state index is 11.2. The van der Waals surface area contributed by atoms with Crippen LogP contribution in [0.2, 0.25) is 0 Å². The van der Waals surface area contributed by atoms with E-state index in [1.807, 2.05) is 37.3 Å². The summed E-state index contributed by atoms with van der Waals surface area (Å²) >= 11 is 0. The van der Waals surface area contributed by atoms with Gasteiger partial charge in [0.25, 0.3) is 0 Å². The second-order valence-electron chi connectivity index (χ2n) is 9.49. The molecule has 0 unspecified atom stereocenters. The zero-order valence-corrected chi connectivity index (χ0v) is 20.7. The fourth-order valence-corrected chi connectivity index (χ4v) is 4.05. The van der Waals surface area contributed by atoms with Crippen LogP contribution in [-0.4, -0.2) is 41.0 Å². The predicted octanol–water partition coefficient (Wildman–Crippen LogP) is 5.74. The second-order valence-corrected chi connectivity index (χ2v) is 9.49. The van der Waals surface area contributed by atoms with Crippen LogP contribution in [0.5, 0.6) is 0 Å². The number of carboxylic acid groups (broad SMARTS) is 1. The fraction of sp³-hybridized carbons (Fsp3) is 0.300. The molecular weight excluding hydrogens is 438 g/mol. The van der Waals surface area contributed by atoms with Gasteiger partial charge in [0, 0.05) is 12.1 Å². The van der Waals surface area contributed by atoms with Crippen LogP contribution in [0.3, 0.4) is 0 Å². The number of aliphatic hydroxyl groups is 1. The summed E-state index contributed by atoms with van der Waals surface area (Å²) in [7, 11) is 0. The monoisotopic (exact) mass is 473 g/mol. The highest BCUT2D eigenvalue weighted by Crippen LogP contribution is 2.30. The number of rotatable bonds is 12. The van der Waals surface area contributed by atoms with Gasteiger partial charge in [0.2, 0.25) is 0 Å². The van der Waals surface area contributed by atoms with Crippen molar-refractivity contribution in [1.29, 1.82) is 0 Å². The van der Waals surface area contributed by atoms with E-state index in [1.54, 1.807) is 24.3 Å². The van der Waals surface area contributed by atoms with Crippen LogP contribution >= 0.6 is 0 Å². The van der Waals surface area contributed by atoms with Crippen LogP contribution in [0.15, 0.2) is 79.4 Å². The molecule has 0 heterocycles. The van der Waals surface area contributed by atoms with Crippen LogP contribution in [0, 0.1) is 0 Å². The second kappa shape index (κ2) is 11.9. The van der Waals surface area contributed by atoms with E-state index >= 15 is 0 Å². The van der Waals surface area contributed by atoms with Crippen molar-refractivity contribution in [2.24, 2.45) is 0 Å². The van der Waals surface area contributed by atoms with Gasteiger partial charge in [-0.25, -0.2) is 4.79 Å². The number of β-amino-alcohol motifs (C(OH)–C–C–N with tert-alkyl or cyclic N) is 1. The van der Waals surface area contributed by atoms with E-state index in [2.05, 4.69) is 50.0 Å². The summed E-state index contributed by atoms with van der Waals surface area (Å²) in [5, 5.41) is 23.2. The molecule has 0 saturated heterocycles. The average Bonchev–Trinajstić information content (AvgIpc) is 2.86. The number of aromatic carboxylic acids is 1. The zero-order valence-electron chi connectivity index (χ0n) is 20.7. The van der Waals surface area contributed by atoms with Gasteiger partial charge < -0.3 is 20.3 Å². The number of carboxylic acids is 1. The molecule has 0 aliphatic rings. The SMILES string of the molecule is C=Cc1ccc(CC(C)(C)NC[C@@H](O)CO[C@H](C)c2ccccc2-c2ccc(C(=O)O)cc2)cc1. The minimum Gasteiger partial charge on any atom is -0.478 e. The van der Waals surface area contributed by atoms with E-state index in [9.17, 15) is 9.90 Å². The largest absolute Gasteiger partial charge is 0.478 e. The van der Waals surface area contributed by atoms with Crippen molar-refractivity contribution >= 4 is 12.0 Å². The highest BCUT2D eigenvalue weighted by atomic mass is 16.5. The van der Waals surface area contributed by atoms with Gasteiger partial charge in [0.05, 0.1) is 24.4 Å². The lowest BCUT2D eigenvalue weighted by Gasteiger charge is -2.28. The first-order valence-corrected chi connectivity index (χ1v) is 11.9. The summed E-state index contributed by atoms with van der Waals surface area (Å²) in [4.78, 5) is 11.2. The third-order valence-corrected chi connectivity index (χ3v) is 6.06. The fourth-order valence-electron chi connectivity index (χ4n) is 4.05. The topological polar surface area (TPSA) is 78.8 Å². The molecule has 0 aliphatic carbocycles. The summed E-state index contributed by atoms with van der Waals surface area (Å²) in [6, 6.07) is 23.0. The van der Waals surface area contributed by atoms with Crippen molar-refractivity contribution in [3.63, 3.8) is 0 Å². The molecule has 5 heteroatoms. The summed E-state index contributed by atoms with van der Waals surface area (Å²) in [6.07, 6.45) is 1.78. The molecule has 0 radical (unpaired) electrons. The number of aliphatic hydroxyl groups excluding tert-OH is 1. The average molecular weight is 474 g/mol. The lowest BCUT2D eigenvalue weighted by molar-refractivity contribution is -0.00397. The summed E-state index contributed by atoms with van der Waals surface area (Å²) in [5.74, 6) is -0.946. The van der Waals surface area contributed by atoms with Crippen LogP contribution in [0.1, 0.15) is 53.9 Å².